The summed E-state index contributed by atoms with van der Waals surface area (Å²) in [7, 11) is 0. The molecule has 2 rings (SSSR count). The molecule has 0 saturated carbocycles. The van der Waals surface area contributed by atoms with Crippen LogP contribution in [0.1, 0.15) is 43.5 Å². The van der Waals surface area contributed by atoms with Crippen molar-refractivity contribution in [3.63, 3.8) is 0 Å². The molecule has 130 valence electrons. The first-order valence-electron chi connectivity index (χ1n) is 8.36. The van der Waals surface area contributed by atoms with Crippen LogP contribution in [0.4, 0.5) is 0 Å². The zero-order valence-corrected chi connectivity index (χ0v) is 14.3. The largest absolute Gasteiger partial charge is 0.427 e. The maximum atomic E-state index is 12.6. The SMILES string of the molecule is CCCCC(=O)N1CCN(C(=O)c2cccc(OC(C)=O)c2)CC1. The second kappa shape index (κ2) is 8.47. The van der Waals surface area contributed by atoms with Crippen molar-refractivity contribution >= 4 is 17.8 Å². The summed E-state index contributed by atoms with van der Waals surface area (Å²) in [5.41, 5.74) is 0.486. The molecule has 1 fully saturated rings. The highest BCUT2D eigenvalue weighted by Crippen LogP contribution is 2.16. The van der Waals surface area contributed by atoms with E-state index < -0.39 is 5.97 Å². The summed E-state index contributed by atoms with van der Waals surface area (Å²) < 4.78 is 5.02. The van der Waals surface area contributed by atoms with E-state index in [4.69, 9.17) is 4.74 Å². The van der Waals surface area contributed by atoms with Gasteiger partial charge < -0.3 is 14.5 Å². The molecule has 0 aliphatic carbocycles. The van der Waals surface area contributed by atoms with Gasteiger partial charge in [0, 0.05) is 45.1 Å². The molecular weight excluding hydrogens is 308 g/mol. The number of amides is 2. The van der Waals surface area contributed by atoms with E-state index in [0.717, 1.165) is 12.8 Å². The maximum Gasteiger partial charge on any atom is 0.308 e. The number of ether oxygens (including phenoxy) is 1. The van der Waals surface area contributed by atoms with Crippen LogP contribution in [0.2, 0.25) is 0 Å². The topological polar surface area (TPSA) is 66.9 Å². The molecule has 6 heteroatoms. The summed E-state index contributed by atoms with van der Waals surface area (Å²) >= 11 is 0. The summed E-state index contributed by atoms with van der Waals surface area (Å²) in [5.74, 6) is 0.00555. The average Bonchev–Trinajstić information content (AvgIpc) is 2.59. The van der Waals surface area contributed by atoms with Gasteiger partial charge in [0.25, 0.3) is 5.91 Å². The molecule has 1 saturated heterocycles. The van der Waals surface area contributed by atoms with Gasteiger partial charge in [-0.25, -0.2) is 0 Å². The molecule has 2 amide bonds. The van der Waals surface area contributed by atoms with Crippen LogP contribution in [0.25, 0.3) is 0 Å². The monoisotopic (exact) mass is 332 g/mol. The molecule has 0 atom stereocenters. The number of rotatable bonds is 5. The lowest BCUT2D eigenvalue weighted by Gasteiger charge is -2.35. The summed E-state index contributed by atoms with van der Waals surface area (Å²) in [6.45, 7) is 5.57. The predicted molar refractivity (Wildman–Crippen MR) is 89.8 cm³/mol. The Kier molecular flexibility index (Phi) is 6.35. The van der Waals surface area contributed by atoms with Crippen molar-refractivity contribution in [3.8, 4) is 5.75 Å². The number of esters is 1. The minimum absolute atomic E-state index is 0.107. The minimum Gasteiger partial charge on any atom is -0.427 e. The standard InChI is InChI=1S/C18H24N2O4/c1-3-4-8-17(22)19-9-11-20(12-10-19)18(23)15-6-5-7-16(13-15)24-14(2)21/h5-7,13H,3-4,8-12H2,1-2H3. The van der Waals surface area contributed by atoms with E-state index >= 15 is 0 Å². The molecule has 1 aliphatic heterocycles. The van der Waals surface area contributed by atoms with Crippen molar-refractivity contribution in [1.29, 1.82) is 0 Å². The molecule has 0 spiro atoms. The molecule has 6 nitrogen and oxygen atoms in total. The number of benzene rings is 1. The highest BCUT2D eigenvalue weighted by atomic mass is 16.5. The third-order valence-corrected chi connectivity index (χ3v) is 4.01. The summed E-state index contributed by atoms with van der Waals surface area (Å²) in [5, 5.41) is 0. The van der Waals surface area contributed by atoms with Gasteiger partial charge in [-0.1, -0.05) is 19.4 Å². The Labute approximate surface area is 142 Å². The Balaban J connectivity index is 1.93. The second-order valence-electron chi connectivity index (χ2n) is 5.90. The van der Waals surface area contributed by atoms with Gasteiger partial charge in [-0.15, -0.1) is 0 Å². The summed E-state index contributed by atoms with van der Waals surface area (Å²) in [6.07, 6.45) is 2.48. The van der Waals surface area contributed by atoms with Gasteiger partial charge in [-0.05, 0) is 24.6 Å². The van der Waals surface area contributed by atoms with E-state index in [9.17, 15) is 14.4 Å². The molecule has 0 radical (unpaired) electrons. The number of carbonyl (C=O) groups is 3. The van der Waals surface area contributed by atoms with Crippen molar-refractivity contribution in [2.45, 2.75) is 33.1 Å². The predicted octanol–water partition coefficient (Wildman–Crippen LogP) is 2.09. The Morgan fingerprint density at radius 3 is 2.38 bits per heavy atom. The molecule has 24 heavy (non-hydrogen) atoms. The lowest BCUT2D eigenvalue weighted by Crippen LogP contribution is -2.50. The summed E-state index contributed by atoms with van der Waals surface area (Å²) in [4.78, 5) is 39.2. The van der Waals surface area contributed by atoms with Crippen LogP contribution >= 0.6 is 0 Å². The zero-order chi connectivity index (χ0) is 17.5. The van der Waals surface area contributed by atoms with E-state index in [1.165, 1.54) is 6.92 Å². The van der Waals surface area contributed by atoms with Crippen LogP contribution < -0.4 is 4.74 Å². The first-order chi connectivity index (χ1) is 11.5. The lowest BCUT2D eigenvalue weighted by molar-refractivity contribution is -0.133. The third kappa shape index (κ3) is 4.81. The second-order valence-corrected chi connectivity index (χ2v) is 5.90. The van der Waals surface area contributed by atoms with E-state index in [0.29, 0.717) is 43.9 Å². The normalized spacial score (nSPS) is 14.4. The van der Waals surface area contributed by atoms with Crippen LogP contribution in [0, 0.1) is 0 Å². The van der Waals surface area contributed by atoms with Crippen LogP contribution in [0.15, 0.2) is 24.3 Å². The Bertz CT molecular complexity index is 607. The van der Waals surface area contributed by atoms with E-state index in [1.807, 2.05) is 4.90 Å². The van der Waals surface area contributed by atoms with Crippen molar-refractivity contribution < 1.29 is 19.1 Å². The van der Waals surface area contributed by atoms with Crippen LogP contribution in [-0.4, -0.2) is 53.8 Å². The Hall–Kier alpha value is -2.37. The van der Waals surface area contributed by atoms with E-state index in [2.05, 4.69) is 6.92 Å². The van der Waals surface area contributed by atoms with Gasteiger partial charge in [0.05, 0.1) is 0 Å². The van der Waals surface area contributed by atoms with Gasteiger partial charge in [-0.3, -0.25) is 14.4 Å². The van der Waals surface area contributed by atoms with Gasteiger partial charge in [0.2, 0.25) is 5.91 Å². The fraction of sp³-hybridized carbons (Fsp3) is 0.500. The molecular formula is C18H24N2O4. The smallest absolute Gasteiger partial charge is 0.308 e. The fourth-order valence-corrected chi connectivity index (χ4v) is 2.69. The number of piperazine rings is 1. The number of unbranched alkanes of at least 4 members (excludes halogenated alkanes) is 1. The number of hydrogen-bond acceptors (Lipinski definition) is 4. The van der Waals surface area contributed by atoms with Gasteiger partial charge >= 0.3 is 5.97 Å². The average molecular weight is 332 g/mol. The quantitative estimate of drug-likeness (QED) is 0.612. The summed E-state index contributed by atoms with van der Waals surface area (Å²) in [6, 6.07) is 6.61. The van der Waals surface area contributed by atoms with Crippen molar-refractivity contribution in [2.24, 2.45) is 0 Å². The number of nitrogens with zero attached hydrogens (tertiary/aromatic N) is 2. The molecule has 0 aromatic heterocycles. The maximum absolute atomic E-state index is 12.6. The third-order valence-electron chi connectivity index (χ3n) is 4.01. The number of hydrogen-bond donors (Lipinski definition) is 0. The van der Waals surface area contributed by atoms with Crippen LogP contribution in [-0.2, 0) is 9.59 Å². The number of carbonyl (C=O) groups excluding carboxylic acids is 3. The lowest BCUT2D eigenvalue weighted by atomic mass is 10.1. The van der Waals surface area contributed by atoms with E-state index in [-0.39, 0.29) is 11.8 Å². The first kappa shape index (κ1) is 18.0. The molecule has 1 heterocycles. The molecule has 1 aliphatic rings. The fourth-order valence-electron chi connectivity index (χ4n) is 2.69. The van der Waals surface area contributed by atoms with Crippen molar-refractivity contribution in [1.82, 2.24) is 9.80 Å². The molecule has 0 bridgehead atoms. The van der Waals surface area contributed by atoms with Crippen molar-refractivity contribution in [3.05, 3.63) is 29.8 Å². The Morgan fingerprint density at radius 2 is 1.75 bits per heavy atom. The highest BCUT2D eigenvalue weighted by Gasteiger charge is 2.24. The molecule has 1 aromatic carbocycles. The highest BCUT2D eigenvalue weighted by molar-refractivity contribution is 5.95. The molecule has 0 unspecified atom stereocenters. The van der Waals surface area contributed by atoms with Crippen LogP contribution in [0.3, 0.4) is 0 Å². The van der Waals surface area contributed by atoms with Crippen molar-refractivity contribution in [2.75, 3.05) is 26.2 Å². The molecule has 1 aromatic rings. The van der Waals surface area contributed by atoms with E-state index in [1.54, 1.807) is 29.2 Å². The van der Waals surface area contributed by atoms with Gasteiger partial charge in [-0.2, -0.15) is 0 Å². The van der Waals surface area contributed by atoms with Crippen LogP contribution in [0.5, 0.6) is 5.75 Å². The zero-order valence-electron chi connectivity index (χ0n) is 14.3. The van der Waals surface area contributed by atoms with Gasteiger partial charge in [0.15, 0.2) is 0 Å². The first-order valence-corrected chi connectivity index (χ1v) is 8.36. The molecule has 0 N–H and O–H groups in total. The Morgan fingerprint density at radius 1 is 1.08 bits per heavy atom. The van der Waals surface area contributed by atoms with Gasteiger partial charge in [0.1, 0.15) is 5.75 Å². The minimum atomic E-state index is -0.418.